The van der Waals surface area contributed by atoms with Crippen molar-refractivity contribution in [2.75, 3.05) is 11.8 Å². The summed E-state index contributed by atoms with van der Waals surface area (Å²) in [4.78, 5) is 11.7. The lowest BCUT2D eigenvalue weighted by Gasteiger charge is -2.08. The van der Waals surface area contributed by atoms with Crippen LogP contribution in [0.25, 0.3) is 5.65 Å². The highest BCUT2D eigenvalue weighted by Gasteiger charge is 2.25. The van der Waals surface area contributed by atoms with E-state index in [0.717, 1.165) is 4.52 Å². The minimum absolute atomic E-state index is 0.0135. The first-order valence-corrected chi connectivity index (χ1v) is 8.66. The number of aromatic nitrogens is 5. The number of nitrogens with one attached hydrogen (secondary N) is 1. The van der Waals surface area contributed by atoms with E-state index in [1.807, 2.05) is 0 Å². The largest absolute Gasteiger partial charge is 0.467 e. The molecule has 126 valence electrons. The Bertz CT molecular complexity index is 1020. The van der Waals surface area contributed by atoms with E-state index < -0.39 is 15.2 Å². The van der Waals surface area contributed by atoms with E-state index in [2.05, 4.69) is 24.8 Å². The zero-order valence-corrected chi connectivity index (χ0v) is 14.7. The van der Waals surface area contributed by atoms with Gasteiger partial charge < -0.3 is 4.74 Å². The Morgan fingerprint density at radius 2 is 2.04 bits per heavy atom. The summed E-state index contributed by atoms with van der Waals surface area (Å²) in [6.45, 7) is 1.69. The average molecular weight is 389 g/mol. The minimum atomic E-state index is -4.12. The van der Waals surface area contributed by atoms with Crippen LogP contribution < -0.4 is 9.46 Å². The molecule has 3 heterocycles. The van der Waals surface area contributed by atoms with Crippen LogP contribution in [0.3, 0.4) is 0 Å². The van der Waals surface area contributed by atoms with Crippen molar-refractivity contribution < 1.29 is 13.2 Å². The Kier molecular flexibility index (Phi) is 4.20. The SMILES string of the molecule is COc1ncc(Cl)c2nc(S(=O)(=O)Nc3c(C)ccnc3Cl)nn12. The lowest BCUT2D eigenvalue weighted by Crippen LogP contribution is -2.16. The van der Waals surface area contributed by atoms with Crippen LogP contribution in [0.5, 0.6) is 6.01 Å². The maximum absolute atomic E-state index is 12.5. The van der Waals surface area contributed by atoms with E-state index >= 15 is 0 Å². The van der Waals surface area contributed by atoms with Crippen molar-refractivity contribution in [2.24, 2.45) is 0 Å². The van der Waals surface area contributed by atoms with Crippen molar-refractivity contribution in [3.63, 3.8) is 0 Å². The van der Waals surface area contributed by atoms with Crippen molar-refractivity contribution in [3.05, 3.63) is 34.2 Å². The molecule has 0 aliphatic carbocycles. The normalized spacial score (nSPS) is 11.7. The van der Waals surface area contributed by atoms with Crippen LogP contribution in [0.1, 0.15) is 5.56 Å². The maximum Gasteiger partial charge on any atom is 0.319 e. The number of aryl methyl sites for hydroxylation is 1. The van der Waals surface area contributed by atoms with Gasteiger partial charge in [0.05, 0.1) is 19.0 Å². The third-order valence-electron chi connectivity index (χ3n) is 3.04. The standard InChI is InChI=1S/C12H10Cl2N6O3S/c1-6-3-4-15-9(14)8(6)19-24(21,22)11-17-10-7(13)5-16-12(23-2)20(10)18-11/h3-5,19H,1-2H3. The summed E-state index contributed by atoms with van der Waals surface area (Å²) in [5.41, 5.74) is 0.840. The van der Waals surface area contributed by atoms with Gasteiger partial charge in [0.2, 0.25) is 0 Å². The molecular weight excluding hydrogens is 379 g/mol. The predicted molar refractivity (Wildman–Crippen MR) is 87.1 cm³/mol. The first-order valence-electron chi connectivity index (χ1n) is 6.42. The molecule has 0 unspecified atom stereocenters. The summed E-state index contributed by atoms with van der Waals surface area (Å²) in [6.07, 6.45) is 2.76. The third kappa shape index (κ3) is 2.83. The maximum atomic E-state index is 12.5. The molecule has 0 atom stereocenters. The fourth-order valence-electron chi connectivity index (χ4n) is 1.89. The van der Waals surface area contributed by atoms with E-state index in [-0.39, 0.29) is 27.5 Å². The van der Waals surface area contributed by atoms with Gasteiger partial charge in [-0.2, -0.15) is 17.9 Å². The second-order valence-electron chi connectivity index (χ2n) is 4.62. The van der Waals surface area contributed by atoms with Crippen molar-refractivity contribution in [1.82, 2.24) is 24.6 Å². The monoisotopic (exact) mass is 388 g/mol. The van der Waals surface area contributed by atoms with Gasteiger partial charge in [-0.1, -0.05) is 23.2 Å². The molecule has 0 aliphatic heterocycles. The second-order valence-corrected chi connectivity index (χ2v) is 6.96. The van der Waals surface area contributed by atoms with Gasteiger partial charge in [-0.3, -0.25) is 4.72 Å². The van der Waals surface area contributed by atoms with Crippen LogP contribution in [0.4, 0.5) is 5.69 Å². The van der Waals surface area contributed by atoms with E-state index in [9.17, 15) is 8.42 Å². The van der Waals surface area contributed by atoms with Gasteiger partial charge in [0.25, 0.3) is 15.2 Å². The lowest BCUT2D eigenvalue weighted by molar-refractivity contribution is 0.366. The molecule has 0 saturated heterocycles. The van der Waals surface area contributed by atoms with Crippen LogP contribution in [-0.4, -0.2) is 40.1 Å². The van der Waals surface area contributed by atoms with Crippen LogP contribution in [-0.2, 0) is 10.0 Å². The first-order chi connectivity index (χ1) is 11.3. The van der Waals surface area contributed by atoms with E-state index in [0.29, 0.717) is 5.56 Å². The highest BCUT2D eigenvalue weighted by molar-refractivity contribution is 7.92. The van der Waals surface area contributed by atoms with E-state index in [1.165, 1.54) is 19.5 Å². The van der Waals surface area contributed by atoms with Gasteiger partial charge in [0.1, 0.15) is 5.02 Å². The van der Waals surface area contributed by atoms with Crippen molar-refractivity contribution >= 4 is 44.6 Å². The van der Waals surface area contributed by atoms with Gasteiger partial charge in [-0.05, 0) is 18.6 Å². The molecule has 0 spiro atoms. The first kappa shape index (κ1) is 16.7. The minimum Gasteiger partial charge on any atom is -0.467 e. The molecule has 0 radical (unpaired) electrons. The molecule has 0 aliphatic rings. The molecule has 3 aromatic rings. The van der Waals surface area contributed by atoms with Gasteiger partial charge >= 0.3 is 6.01 Å². The highest BCUT2D eigenvalue weighted by atomic mass is 35.5. The number of nitrogens with zero attached hydrogens (tertiary/aromatic N) is 5. The molecule has 0 saturated carbocycles. The second kappa shape index (κ2) is 6.04. The van der Waals surface area contributed by atoms with Crippen molar-refractivity contribution in [2.45, 2.75) is 12.1 Å². The summed E-state index contributed by atoms with van der Waals surface area (Å²) in [5, 5.41) is 3.53. The average Bonchev–Trinajstić information content (AvgIpc) is 2.99. The summed E-state index contributed by atoms with van der Waals surface area (Å²) < 4.78 is 33.5. The number of anilines is 1. The van der Waals surface area contributed by atoms with Gasteiger partial charge in [-0.15, -0.1) is 5.10 Å². The highest BCUT2D eigenvalue weighted by Crippen LogP contribution is 2.26. The number of hydrogen-bond acceptors (Lipinski definition) is 7. The van der Waals surface area contributed by atoms with Gasteiger partial charge in [-0.25, -0.2) is 9.97 Å². The molecule has 0 fully saturated rings. The molecule has 24 heavy (non-hydrogen) atoms. The smallest absolute Gasteiger partial charge is 0.319 e. The molecular formula is C12H10Cl2N6O3S. The van der Waals surface area contributed by atoms with Gasteiger partial charge in [0, 0.05) is 6.20 Å². The number of fused-ring (bicyclic) bond motifs is 1. The van der Waals surface area contributed by atoms with Crippen LogP contribution >= 0.6 is 23.2 Å². The number of sulfonamides is 1. The summed E-state index contributed by atoms with van der Waals surface area (Å²) >= 11 is 11.9. The van der Waals surface area contributed by atoms with Crippen molar-refractivity contribution in [1.29, 1.82) is 0 Å². The Morgan fingerprint density at radius 3 is 2.71 bits per heavy atom. The molecule has 9 nitrogen and oxygen atoms in total. The third-order valence-corrected chi connectivity index (χ3v) is 4.72. The topological polar surface area (TPSA) is 111 Å². The van der Waals surface area contributed by atoms with Crippen LogP contribution in [0.15, 0.2) is 23.6 Å². The Balaban J connectivity index is 2.11. The fourth-order valence-corrected chi connectivity index (χ4v) is 3.38. The summed E-state index contributed by atoms with van der Waals surface area (Å²) in [5.74, 6) is 0. The molecule has 3 rings (SSSR count). The number of ether oxygens (including phenoxy) is 1. The Labute approximate surface area is 146 Å². The molecule has 12 heteroatoms. The number of halogens is 2. The zero-order chi connectivity index (χ0) is 17.5. The molecule has 0 aromatic carbocycles. The molecule has 3 aromatic heterocycles. The summed E-state index contributed by atoms with van der Waals surface area (Å²) in [7, 11) is -2.76. The molecule has 1 N–H and O–H groups in total. The Morgan fingerprint density at radius 1 is 1.29 bits per heavy atom. The van der Waals surface area contributed by atoms with Crippen LogP contribution in [0, 0.1) is 6.92 Å². The van der Waals surface area contributed by atoms with Gasteiger partial charge in [0.15, 0.2) is 10.8 Å². The fraction of sp³-hybridized carbons (Fsp3) is 0.167. The number of methoxy groups -OCH3 is 1. The number of rotatable bonds is 4. The lowest BCUT2D eigenvalue weighted by atomic mass is 10.3. The van der Waals surface area contributed by atoms with E-state index in [4.69, 9.17) is 27.9 Å². The predicted octanol–water partition coefficient (Wildman–Crippen LogP) is 1.94. The number of hydrogen-bond donors (Lipinski definition) is 1. The molecule has 0 amide bonds. The number of pyridine rings is 1. The molecule has 0 bridgehead atoms. The quantitative estimate of drug-likeness (QED) is 0.679. The zero-order valence-electron chi connectivity index (χ0n) is 12.4. The van der Waals surface area contributed by atoms with Crippen molar-refractivity contribution in [3.8, 4) is 6.01 Å². The Hall–Kier alpha value is -2.17. The van der Waals surface area contributed by atoms with Crippen LogP contribution in [0.2, 0.25) is 10.2 Å². The summed E-state index contributed by atoms with van der Waals surface area (Å²) in [6, 6.07) is 1.66. The van der Waals surface area contributed by atoms with E-state index in [1.54, 1.807) is 13.0 Å².